The van der Waals surface area contributed by atoms with E-state index < -0.39 is 11.7 Å². The Bertz CT molecular complexity index is 1760. The maximum Gasteiger partial charge on any atom is 0.418 e. The molecule has 0 aliphatic rings. The monoisotopic (exact) mass is 458 g/mol. The summed E-state index contributed by atoms with van der Waals surface area (Å²) in [6, 6.07) is 14.1. The molecule has 0 unspecified atom stereocenters. The van der Waals surface area contributed by atoms with Crippen LogP contribution >= 0.6 is 0 Å². The van der Waals surface area contributed by atoms with Gasteiger partial charge < -0.3 is 4.40 Å². The molecule has 0 fully saturated rings. The van der Waals surface area contributed by atoms with E-state index in [0.717, 1.165) is 56.5 Å². The SMILES string of the molecule is Cc1cc(C)c2c(c1)c1ncc(C(F)(F)F)c3ccc4c5ccc(CC(C)(C)C)cc5n2c4c31. The Kier molecular flexibility index (Phi) is 4.13. The van der Waals surface area contributed by atoms with Crippen LogP contribution in [0.5, 0.6) is 0 Å². The van der Waals surface area contributed by atoms with E-state index in [1.807, 2.05) is 19.1 Å². The zero-order valence-electron chi connectivity index (χ0n) is 19.9. The summed E-state index contributed by atoms with van der Waals surface area (Å²) >= 11 is 0. The van der Waals surface area contributed by atoms with Gasteiger partial charge in [0.1, 0.15) is 0 Å². The zero-order valence-corrected chi connectivity index (χ0v) is 19.9. The molecule has 2 nitrogen and oxygen atoms in total. The van der Waals surface area contributed by atoms with Crippen LogP contribution in [0.25, 0.3) is 49.0 Å². The fourth-order valence-electron chi connectivity index (χ4n) is 5.70. The number of benzene rings is 3. The fraction of sp³-hybridized carbons (Fsp3) is 0.276. The molecule has 34 heavy (non-hydrogen) atoms. The molecule has 0 atom stereocenters. The number of aromatic nitrogens is 2. The quantitative estimate of drug-likeness (QED) is 0.178. The third-order valence-corrected chi connectivity index (χ3v) is 6.81. The van der Waals surface area contributed by atoms with Gasteiger partial charge in [-0.3, -0.25) is 4.98 Å². The molecule has 0 aliphatic heterocycles. The molecule has 6 aromatic rings. The van der Waals surface area contributed by atoms with E-state index in [1.54, 1.807) is 6.07 Å². The molecule has 6 rings (SSSR count). The van der Waals surface area contributed by atoms with Crippen LogP contribution in [0.2, 0.25) is 0 Å². The van der Waals surface area contributed by atoms with Crippen molar-refractivity contribution in [3.05, 3.63) is 70.9 Å². The summed E-state index contributed by atoms with van der Waals surface area (Å²) < 4.78 is 44.1. The van der Waals surface area contributed by atoms with Gasteiger partial charge in [-0.25, -0.2) is 0 Å². The van der Waals surface area contributed by atoms with Crippen molar-refractivity contribution in [1.29, 1.82) is 0 Å². The molecule has 0 spiro atoms. The lowest BCUT2D eigenvalue weighted by molar-refractivity contribution is -0.136. The minimum absolute atomic E-state index is 0.123. The Morgan fingerprint density at radius 1 is 0.824 bits per heavy atom. The van der Waals surface area contributed by atoms with E-state index in [2.05, 4.69) is 61.3 Å². The summed E-state index contributed by atoms with van der Waals surface area (Å²) in [4.78, 5) is 4.41. The lowest BCUT2D eigenvalue weighted by Crippen LogP contribution is -2.09. The first-order valence-electron chi connectivity index (χ1n) is 11.5. The number of hydrogen-bond donors (Lipinski definition) is 0. The standard InChI is InChI=1S/C29H25F3N2/c1-15-10-16(2)26-21(11-15)25-24-20(22(14-33-25)29(30,31)32)9-8-19-18-7-6-17(13-28(3,4)5)12-23(18)34(26)27(19)24/h6-12,14H,13H2,1-5H3. The van der Waals surface area contributed by atoms with E-state index in [-0.39, 0.29) is 10.8 Å². The average Bonchev–Trinajstić information content (AvgIpc) is 3.04. The van der Waals surface area contributed by atoms with Crippen LogP contribution in [0, 0.1) is 19.3 Å². The van der Waals surface area contributed by atoms with E-state index >= 15 is 0 Å². The van der Waals surface area contributed by atoms with Crippen LogP contribution in [0.3, 0.4) is 0 Å². The van der Waals surface area contributed by atoms with Crippen LogP contribution in [-0.4, -0.2) is 9.38 Å². The Hall–Kier alpha value is -3.34. The summed E-state index contributed by atoms with van der Waals surface area (Å²) in [7, 11) is 0. The van der Waals surface area contributed by atoms with Crippen molar-refractivity contribution in [3.8, 4) is 0 Å². The van der Waals surface area contributed by atoms with Gasteiger partial charge in [0.2, 0.25) is 0 Å². The van der Waals surface area contributed by atoms with Crippen molar-refractivity contribution in [2.75, 3.05) is 0 Å². The number of aryl methyl sites for hydroxylation is 2. The highest BCUT2D eigenvalue weighted by molar-refractivity contribution is 6.28. The predicted octanol–water partition coefficient (Wildman–Crippen LogP) is 8.61. The highest BCUT2D eigenvalue weighted by atomic mass is 19.4. The van der Waals surface area contributed by atoms with Crippen LogP contribution in [-0.2, 0) is 12.6 Å². The first-order valence-corrected chi connectivity index (χ1v) is 11.5. The van der Waals surface area contributed by atoms with Gasteiger partial charge in [-0.2, -0.15) is 13.2 Å². The Morgan fingerprint density at radius 2 is 1.53 bits per heavy atom. The third-order valence-electron chi connectivity index (χ3n) is 6.81. The summed E-state index contributed by atoms with van der Waals surface area (Å²) in [5, 5.41) is 3.67. The van der Waals surface area contributed by atoms with Crippen LogP contribution in [0.15, 0.2) is 48.7 Å². The molecular formula is C29H25F3N2. The summed E-state index contributed by atoms with van der Waals surface area (Å²) in [6.45, 7) is 10.7. The van der Waals surface area contributed by atoms with Gasteiger partial charge in [-0.05, 0) is 54.3 Å². The molecule has 3 heterocycles. The Labute approximate surface area is 195 Å². The second-order valence-electron chi connectivity index (χ2n) is 10.8. The van der Waals surface area contributed by atoms with Crippen molar-refractivity contribution < 1.29 is 13.2 Å². The van der Waals surface area contributed by atoms with Crippen molar-refractivity contribution in [3.63, 3.8) is 0 Å². The normalized spacial score (nSPS) is 13.4. The van der Waals surface area contributed by atoms with Gasteiger partial charge in [0, 0.05) is 27.7 Å². The fourth-order valence-corrected chi connectivity index (χ4v) is 5.70. The van der Waals surface area contributed by atoms with Crippen molar-refractivity contribution >= 4 is 49.0 Å². The highest BCUT2D eigenvalue weighted by Crippen LogP contribution is 2.45. The van der Waals surface area contributed by atoms with Gasteiger partial charge in [-0.1, -0.05) is 56.7 Å². The molecular weight excluding hydrogens is 433 g/mol. The van der Waals surface area contributed by atoms with Gasteiger partial charge in [-0.15, -0.1) is 0 Å². The Morgan fingerprint density at radius 3 is 2.24 bits per heavy atom. The zero-order chi connectivity index (χ0) is 24.2. The van der Waals surface area contributed by atoms with Gasteiger partial charge in [0.15, 0.2) is 0 Å². The Balaban J connectivity index is 1.92. The maximum atomic E-state index is 14.0. The van der Waals surface area contributed by atoms with Crippen molar-refractivity contribution in [1.82, 2.24) is 9.38 Å². The van der Waals surface area contributed by atoms with Crippen LogP contribution in [0.1, 0.15) is 43.0 Å². The molecule has 172 valence electrons. The van der Waals surface area contributed by atoms with Crippen LogP contribution in [0.4, 0.5) is 13.2 Å². The molecule has 0 saturated carbocycles. The van der Waals surface area contributed by atoms with Gasteiger partial charge >= 0.3 is 6.18 Å². The van der Waals surface area contributed by atoms with Crippen LogP contribution < -0.4 is 0 Å². The number of pyridine rings is 2. The smallest absolute Gasteiger partial charge is 0.308 e. The van der Waals surface area contributed by atoms with Crippen molar-refractivity contribution in [2.45, 2.75) is 47.2 Å². The number of rotatable bonds is 1. The minimum Gasteiger partial charge on any atom is -0.308 e. The van der Waals surface area contributed by atoms with Crippen molar-refractivity contribution in [2.24, 2.45) is 5.41 Å². The molecule has 0 aliphatic carbocycles. The molecule has 0 bridgehead atoms. The molecule has 3 aromatic heterocycles. The number of alkyl halides is 3. The minimum atomic E-state index is -4.47. The third kappa shape index (κ3) is 2.92. The molecule has 0 saturated heterocycles. The number of fused-ring (bicyclic) bond motifs is 6. The largest absolute Gasteiger partial charge is 0.418 e. The summed E-state index contributed by atoms with van der Waals surface area (Å²) in [5.74, 6) is 0. The second-order valence-corrected chi connectivity index (χ2v) is 10.8. The topological polar surface area (TPSA) is 17.3 Å². The van der Waals surface area contributed by atoms with E-state index in [0.29, 0.717) is 10.9 Å². The van der Waals surface area contributed by atoms with Gasteiger partial charge in [0.25, 0.3) is 0 Å². The molecule has 5 heteroatoms. The first-order chi connectivity index (χ1) is 15.9. The van der Waals surface area contributed by atoms with E-state index in [4.69, 9.17) is 0 Å². The molecule has 0 radical (unpaired) electrons. The van der Waals surface area contributed by atoms with E-state index in [1.165, 1.54) is 5.56 Å². The summed E-state index contributed by atoms with van der Waals surface area (Å²) in [6.07, 6.45) is -2.57. The maximum absolute atomic E-state index is 14.0. The second kappa shape index (κ2) is 6.62. The molecule has 0 amide bonds. The lowest BCUT2D eigenvalue weighted by atomic mass is 9.88. The predicted molar refractivity (Wildman–Crippen MR) is 134 cm³/mol. The number of hydrogen-bond acceptors (Lipinski definition) is 1. The lowest BCUT2D eigenvalue weighted by Gasteiger charge is -2.18. The molecule has 3 aromatic carbocycles. The van der Waals surface area contributed by atoms with E-state index in [9.17, 15) is 13.2 Å². The summed E-state index contributed by atoms with van der Waals surface area (Å²) in [5.41, 5.74) is 6.27. The first kappa shape index (κ1) is 21.2. The number of nitrogens with zero attached hydrogens (tertiary/aromatic N) is 2. The average molecular weight is 459 g/mol. The van der Waals surface area contributed by atoms with Gasteiger partial charge in [0.05, 0.1) is 27.6 Å². The highest BCUT2D eigenvalue weighted by Gasteiger charge is 2.34. The molecule has 0 N–H and O–H groups in total. The number of halogens is 3.